The number of rotatable bonds is 6. The van der Waals surface area contributed by atoms with E-state index in [9.17, 15) is 18.0 Å². The van der Waals surface area contributed by atoms with E-state index in [0.717, 1.165) is 6.07 Å². The summed E-state index contributed by atoms with van der Waals surface area (Å²) in [4.78, 5) is 14.2. The first kappa shape index (κ1) is 23.9. The van der Waals surface area contributed by atoms with Gasteiger partial charge in [-0.15, -0.1) is 0 Å². The monoisotopic (exact) mass is 477 g/mol. The van der Waals surface area contributed by atoms with Gasteiger partial charge in [-0.05, 0) is 55.8 Å². The lowest BCUT2D eigenvalue weighted by atomic mass is 9.99. The lowest BCUT2D eigenvalue weighted by Gasteiger charge is -2.20. The van der Waals surface area contributed by atoms with E-state index >= 15 is 0 Å². The molecular formula is C27H22F3N3O2. The van der Waals surface area contributed by atoms with Gasteiger partial charge in [-0.3, -0.25) is 0 Å². The fraction of sp³-hybridized carbons (Fsp3) is 0.185. The molecule has 5 nitrogen and oxygen atoms in total. The lowest BCUT2D eigenvalue weighted by Crippen LogP contribution is -2.33. The zero-order chi connectivity index (χ0) is 25.1. The summed E-state index contributed by atoms with van der Waals surface area (Å²) < 4.78 is 49.1. The number of amides is 1. The van der Waals surface area contributed by atoms with E-state index in [4.69, 9.17) is 10.00 Å². The zero-order valence-electron chi connectivity index (χ0n) is 19.2. The molecule has 0 bridgehead atoms. The second kappa shape index (κ2) is 9.94. The minimum atomic E-state index is -1.25. The van der Waals surface area contributed by atoms with Crippen LogP contribution in [0.1, 0.15) is 25.0 Å². The van der Waals surface area contributed by atoms with E-state index < -0.39 is 23.5 Å². The Kier molecular flexibility index (Phi) is 6.78. The molecule has 0 aliphatic heterocycles. The molecule has 35 heavy (non-hydrogen) atoms. The van der Waals surface area contributed by atoms with Gasteiger partial charge in [0.05, 0.1) is 18.2 Å². The quantitative estimate of drug-likeness (QED) is 0.299. The fourth-order valence-electron chi connectivity index (χ4n) is 4.03. The second-order valence-corrected chi connectivity index (χ2v) is 7.91. The molecule has 0 aliphatic rings. The van der Waals surface area contributed by atoms with Gasteiger partial charge in [0.15, 0.2) is 11.6 Å². The number of benzene rings is 3. The standard InChI is InChI=1S/C27H22F3N3O2/c1-3-32(4-2)27(34)35-24-10-9-23-21(25(24)18-7-5-17(15-31)6-8-18)11-12-33(23)16-19-13-20(28)14-22(29)26(19)30/h5-14H,3-4,16H2,1-2H3. The third kappa shape index (κ3) is 4.71. The van der Waals surface area contributed by atoms with Crippen molar-refractivity contribution in [2.24, 2.45) is 0 Å². The largest absolute Gasteiger partial charge is 0.415 e. The molecule has 0 atom stereocenters. The molecule has 1 amide bonds. The highest BCUT2D eigenvalue weighted by molar-refractivity contribution is 5.99. The van der Waals surface area contributed by atoms with Gasteiger partial charge in [0, 0.05) is 47.4 Å². The Morgan fingerprint density at radius 1 is 1.03 bits per heavy atom. The molecule has 8 heteroatoms. The van der Waals surface area contributed by atoms with Crippen LogP contribution in [0.3, 0.4) is 0 Å². The predicted octanol–water partition coefficient (Wildman–Crippen LogP) is 6.49. The molecule has 0 saturated carbocycles. The number of carbonyl (C=O) groups excluding carboxylic acids is 1. The van der Waals surface area contributed by atoms with Crippen molar-refractivity contribution in [1.29, 1.82) is 5.26 Å². The van der Waals surface area contributed by atoms with Crippen LogP contribution in [0.15, 0.2) is 60.8 Å². The molecule has 3 aromatic carbocycles. The summed E-state index contributed by atoms with van der Waals surface area (Å²) in [7, 11) is 0. The highest BCUT2D eigenvalue weighted by Crippen LogP contribution is 2.38. The Morgan fingerprint density at radius 3 is 2.40 bits per heavy atom. The van der Waals surface area contributed by atoms with Crippen LogP contribution in [0.4, 0.5) is 18.0 Å². The molecule has 178 valence electrons. The van der Waals surface area contributed by atoms with Gasteiger partial charge >= 0.3 is 6.09 Å². The summed E-state index contributed by atoms with van der Waals surface area (Å²) in [6, 6.07) is 15.5. The number of fused-ring (bicyclic) bond motifs is 1. The van der Waals surface area contributed by atoms with E-state index in [0.29, 0.717) is 52.5 Å². The molecular weight excluding hydrogens is 455 g/mol. The van der Waals surface area contributed by atoms with Crippen LogP contribution >= 0.6 is 0 Å². The topological polar surface area (TPSA) is 58.3 Å². The van der Waals surface area contributed by atoms with Crippen LogP contribution in [0, 0.1) is 28.8 Å². The summed E-state index contributed by atoms with van der Waals surface area (Å²) in [5, 5.41) is 9.84. The lowest BCUT2D eigenvalue weighted by molar-refractivity contribution is 0.157. The van der Waals surface area contributed by atoms with Gasteiger partial charge in [0.2, 0.25) is 0 Å². The SMILES string of the molecule is CCN(CC)C(=O)Oc1ccc2c(ccn2Cc2cc(F)cc(F)c2F)c1-c1ccc(C#N)cc1. The van der Waals surface area contributed by atoms with Crippen molar-refractivity contribution in [3.8, 4) is 22.9 Å². The Hall–Kier alpha value is -4.25. The minimum absolute atomic E-state index is 0.102. The molecule has 1 heterocycles. The normalized spacial score (nSPS) is 10.9. The van der Waals surface area contributed by atoms with Crippen LogP contribution in [-0.4, -0.2) is 28.6 Å². The highest BCUT2D eigenvalue weighted by Gasteiger charge is 2.20. The Balaban J connectivity index is 1.84. The van der Waals surface area contributed by atoms with Gasteiger partial charge in [-0.2, -0.15) is 5.26 Å². The van der Waals surface area contributed by atoms with Crippen LogP contribution in [0.25, 0.3) is 22.0 Å². The number of aromatic nitrogens is 1. The summed E-state index contributed by atoms with van der Waals surface area (Å²) in [6.45, 7) is 4.56. The smallest absolute Gasteiger partial charge is 0.410 e. The van der Waals surface area contributed by atoms with Crippen molar-refractivity contribution in [1.82, 2.24) is 9.47 Å². The molecule has 0 saturated heterocycles. The average Bonchev–Trinajstić information content (AvgIpc) is 3.25. The first-order chi connectivity index (χ1) is 16.9. The summed E-state index contributed by atoms with van der Waals surface area (Å²) in [6.07, 6.45) is 1.18. The third-order valence-electron chi connectivity index (χ3n) is 5.85. The van der Waals surface area contributed by atoms with Crippen molar-refractivity contribution in [3.63, 3.8) is 0 Å². The average molecular weight is 477 g/mol. The fourth-order valence-corrected chi connectivity index (χ4v) is 4.03. The van der Waals surface area contributed by atoms with E-state index in [1.165, 1.54) is 0 Å². The molecule has 0 fully saturated rings. The van der Waals surface area contributed by atoms with Crippen LogP contribution in [0.5, 0.6) is 5.75 Å². The minimum Gasteiger partial charge on any atom is -0.410 e. The Labute approximate surface area is 200 Å². The molecule has 0 unspecified atom stereocenters. The van der Waals surface area contributed by atoms with Crippen molar-refractivity contribution >= 4 is 17.0 Å². The molecule has 0 aliphatic carbocycles. The first-order valence-electron chi connectivity index (χ1n) is 11.1. The van der Waals surface area contributed by atoms with Gasteiger partial charge < -0.3 is 14.2 Å². The molecule has 1 aromatic heterocycles. The van der Waals surface area contributed by atoms with Crippen molar-refractivity contribution < 1.29 is 22.7 Å². The number of carbonyl (C=O) groups is 1. The van der Waals surface area contributed by atoms with Crippen LogP contribution in [0.2, 0.25) is 0 Å². The van der Waals surface area contributed by atoms with Gasteiger partial charge in [0.1, 0.15) is 11.6 Å². The maximum atomic E-state index is 14.3. The van der Waals surface area contributed by atoms with E-state index in [1.807, 2.05) is 13.8 Å². The van der Waals surface area contributed by atoms with Crippen LogP contribution < -0.4 is 4.74 Å². The molecule has 4 rings (SSSR count). The van der Waals surface area contributed by atoms with Crippen molar-refractivity contribution in [2.45, 2.75) is 20.4 Å². The summed E-state index contributed by atoms with van der Waals surface area (Å²) in [5.74, 6) is -2.90. The Morgan fingerprint density at radius 2 is 1.74 bits per heavy atom. The number of ether oxygens (including phenoxy) is 1. The maximum absolute atomic E-state index is 14.3. The zero-order valence-corrected chi connectivity index (χ0v) is 19.2. The van der Waals surface area contributed by atoms with Gasteiger partial charge in [-0.1, -0.05) is 12.1 Å². The maximum Gasteiger partial charge on any atom is 0.415 e. The number of nitrogens with zero attached hydrogens (tertiary/aromatic N) is 3. The molecule has 0 radical (unpaired) electrons. The predicted molar refractivity (Wildman–Crippen MR) is 126 cm³/mol. The van der Waals surface area contributed by atoms with Crippen molar-refractivity contribution in [3.05, 3.63) is 89.4 Å². The summed E-state index contributed by atoms with van der Waals surface area (Å²) in [5.41, 5.74) is 2.31. The molecule has 0 spiro atoms. The number of hydrogen-bond donors (Lipinski definition) is 0. The highest BCUT2D eigenvalue weighted by atomic mass is 19.2. The van der Waals surface area contributed by atoms with Crippen LogP contribution in [-0.2, 0) is 6.54 Å². The van der Waals surface area contributed by atoms with E-state index in [1.54, 1.807) is 58.1 Å². The van der Waals surface area contributed by atoms with Gasteiger partial charge in [-0.25, -0.2) is 18.0 Å². The number of nitriles is 1. The second-order valence-electron chi connectivity index (χ2n) is 7.91. The van der Waals surface area contributed by atoms with Gasteiger partial charge in [0.25, 0.3) is 0 Å². The van der Waals surface area contributed by atoms with E-state index in [-0.39, 0.29) is 12.1 Å². The Bertz CT molecular complexity index is 1440. The molecule has 0 N–H and O–H groups in total. The first-order valence-corrected chi connectivity index (χ1v) is 11.1. The number of hydrogen-bond acceptors (Lipinski definition) is 3. The molecule has 4 aromatic rings. The number of halogens is 3. The summed E-state index contributed by atoms with van der Waals surface area (Å²) >= 11 is 0. The van der Waals surface area contributed by atoms with Crippen molar-refractivity contribution in [2.75, 3.05) is 13.1 Å². The third-order valence-corrected chi connectivity index (χ3v) is 5.85. The van der Waals surface area contributed by atoms with E-state index in [2.05, 4.69) is 6.07 Å².